The molecule has 0 spiro atoms. The normalized spacial score (nSPS) is 14.2. The van der Waals surface area contributed by atoms with E-state index in [-0.39, 0.29) is 22.0 Å². The van der Waals surface area contributed by atoms with Gasteiger partial charge in [0.15, 0.2) is 11.5 Å². The lowest BCUT2D eigenvalue weighted by atomic mass is 10.1. The van der Waals surface area contributed by atoms with Crippen LogP contribution in [0.2, 0.25) is 5.02 Å². The number of hydrogen-bond donors (Lipinski definition) is 1. The van der Waals surface area contributed by atoms with Crippen LogP contribution in [0, 0.1) is 0 Å². The smallest absolute Gasteiger partial charge is 0.343 e. The van der Waals surface area contributed by atoms with Gasteiger partial charge in [-0.1, -0.05) is 41.9 Å². The van der Waals surface area contributed by atoms with Gasteiger partial charge in [0.05, 0.1) is 17.6 Å². The van der Waals surface area contributed by atoms with Crippen molar-refractivity contribution < 1.29 is 28.7 Å². The lowest BCUT2D eigenvalue weighted by Crippen LogP contribution is -2.36. The van der Waals surface area contributed by atoms with Crippen LogP contribution in [0.25, 0.3) is 6.08 Å². The topological polar surface area (TPSA) is 102 Å². The molecule has 1 aliphatic rings. The highest BCUT2D eigenvalue weighted by atomic mass is 35.5. The molecule has 1 aliphatic heterocycles. The van der Waals surface area contributed by atoms with Crippen molar-refractivity contribution in [1.29, 1.82) is 0 Å². The highest BCUT2D eigenvalue weighted by Crippen LogP contribution is 2.37. The second-order valence-corrected chi connectivity index (χ2v) is 8.89. The molecule has 0 aromatic heterocycles. The Morgan fingerprint density at radius 2 is 1.72 bits per heavy atom. The van der Waals surface area contributed by atoms with Crippen LogP contribution in [0.3, 0.4) is 0 Å². The Labute approximate surface area is 215 Å². The third-order valence-electron chi connectivity index (χ3n) is 5.02. The van der Waals surface area contributed by atoms with Crippen molar-refractivity contribution >= 4 is 58.1 Å². The molecule has 3 amide bonds. The van der Waals surface area contributed by atoms with Crippen molar-refractivity contribution in [3.05, 3.63) is 93.9 Å². The number of anilines is 1. The number of esters is 1. The molecule has 1 fully saturated rings. The van der Waals surface area contributed by atoms with E-state index >= 15 is 0 Å². The minimum atomic E-state index is -0.656. The van der Waals surface area contributed by atoms with Gasteiger partial charge in [-0.05, 0) is 60.3 Å². The van der Waals surface area contributed by atoms with Crippen molar-refractivity contribution in [3.8, 4) is 11.5 Å². The molecule has 0 saturated carbocycles. The lowest BCUT2D eigenvalue weighted by molar-refractivity contribution is -0.127. The van der Waals surface area contributed by atoms with E-state index in [1.807, 2.05) is 0 Å². The van der Waals surface area contributed by atoms with Gasteiger partial charge in [0.1, 0.15) is 6.54 Å². The highest BCUT2D eigenvalue weighted by Gasteiger charge is 2.36. The molecule has 182 valence electrons. The number of carbonyl (C=O) groups excluding carboxylic acids is 4. The van der Waals surface area contributed by atoms with Gasteiger partial charge in [-0.15, -0.1) is 0 Å². The van der Waals surface area contributed by atoms with E-state index in [9.17, 15) is 19.2 Å². The molecule has 0 bridgehead atoms. The fourth-order valence-corrected chi connectivity index (χ4v) is 4.25. The summed E-state index contributed by atoms with van der Waals surface area (Å²) in [5.74, 6) is -1.47. The maximum atomic E-state index is 12.9. The molecule has 0 atom stereocenters. The second kappa shape index (κ2) is 11.1. The number of amides is 3. The summed E-state index contributed by atoms with van der Waals surface area (Å²) < 4.78 is 10.9. The van der Waals surface area contributed by atoms with Crippen LogP contribution in [-0.2, 0) is 9.59 Å². The SMILES string of the molecule is COc1cccc(/C=C2\SC(=O)N(CC(=O)Nc3ccccc3)C2=O)c1OC(=O)c1ccc(Cl)cc1. The number of carbonyl (C=O) groups is 4. The summed E-state index contributed by atoms with van der Waals surface area (Å²) in [6.07, 6.45) is 1.42. The highest BCUT2D eigenvalue weighted by molar-refractivity contribution is 8.18. The minimum absolute atomic E-state index is 0.0737. The predicted molar refractivity (Wildman–Crippen MR) is 137 cm³/mol. The molecule has 36 heavy (non-hydrogen) atoms. The van der Waals surface area contributed by atoms with Crippen LogP contribution in [-0.4, -0.2) is 41.6 Å². The average Bonchev–Trinajstić information content (AvgIpc) is 3.13. The molecule has 3 aromatic carbocycles. The summed E-state index contributed by atoms with van der Waals surface area (Å²) >= 11 is 6.57. The fraction of sp³-hybridized carbons (Fsp3) is 0.0769. The van der Waals surface area contributed by atoms with Crippen LogP contribution in [0.15, 0.2) is 77.7 Å². The first-order valence-electron chi connectivity index (χ1n) is 10.6. The van der Waals surface area contributed by atoms with Gasteiger partial charge in [-0.25, -0.2) is 4.79 Å². The number of rotatable bonds is 7. The molecule has 0 aliphatic carbocycles. The largest absolute Gasteiger partial charge is 0.493 e. The third kappa shape index (κ3) is 5.76. The molecular formula is C26H19ClN2O6S. The van der Waals surface area contributed by atoms with Crippen molar-refractivity contribution in [3.63, 3.8) is 0 Å². The number of methoxy groups -OCH3 is 1. The van der Waals surface area contributed by atoms with Gasteiger partial charge >= 0.3 is 5.97 Å². The van der Waals surface area contributed by atoms with Gasteiger partial charge < -0.3 is 14.8 Å². The molecule has 3 aromatic rings. The van der Waals surface area contributed by atoms with Crippen molar-refractivity contribution in [2.24, 2.45) is 0 Å². The maximum absolute atomic E-state index is 12.9. The molecule has 0 unspecified atom stereocenters. The standard InChI is InChI=1S/C26H19ClN2O6S/c1-34-20-9-5-6-17(23(20)35-25(32)16-10-12-18(27)13-11-16)14-21-24(31)29(26(33)36-21)15-22(30)28-19-7-3-2-4-8-19/h2-14H,15H2,1H3,(H,28,30)/b21-14-. The minimum Gasteiger partial charge on any atom is -0.493 e. The molecule has 1 saturated heterocycles. The van der Waals surface area contributed by atoms with E-state index in [0.717, 1.165) is 4.90 Å². The van der Waals surface area contributed by atoms with Gasteiger partial charge in [0.25, 0.3) is 11.1 Å². The van der Waals surface area contributed by atoms with Gasteiger partial charge in [-0.3, -0.25) is 19.3 Å². The fourth-order valence-electron chi connectivity index (χ4n) is 3.30. The number of nitrogens with zero attached hydrogens (tertiary/aromatic N) is 1. The van der Waals surface area contributed by atoms with Crippen molar-refractivity contribution in [1.82, 2.24) is 4.90 Å². The number of benzene rings is 3. The number of imide groups is 1. The lowest BCUT2D eigenvalue weighted by Gasteiger charge is -2.13. The number of thioether (sulfide) groups is 1. The Hall–Kier alpha value is -4.08. The van der Waals surface area contributed by atoms with Crippen LogP contribution in [0.5, 0.6) is 11.5 Å². The first kappa shape index (κ1) is 25.0. The van der Waals surface area contributed by atoms with Gasteiger partial charge in [0, 0.05) is 16.3 Å². The third-order valence-corrected chi connectivity index (χ3v) is 6.18. The van der Waals surface area contributed by atoms with Crippen molar-refractivity contribution in [2.45, 2.75) is 0 Å². The molecule has 1 heterocycles. The number of ether oxygens (including phenoxy) is 2. The Morgan fingerprint density at radius 3 is 2.42 bits per heavy atom. The van der Waals surface area contributed by atoms with Crippen molar-refractivity contribution in [2.75, 3.05) is 19.0 Å². The quantitative estimate of drug-likeness (QED) is 0.257. The first-order valence-corrected chi connectivity index (χ1v) is 11.8. The number of para-hydroxylation sites is 2. The van der Waals surface area contributed by atoms with Crippen LogP contribution < -0.4 is 14.8 Å². The van der Waals surface area contributed by atoms with Crippen LogP contribution >= 0.6 is 23.4 Å². The van der Waals surface area contributed by atoms with Crippen LogP contribution in [0.1, 0.15) is 15.9 Å². The zero-order chi connectivity index (χ0) is 25.7. The summed E-state index contributed by atoms with van der Waals surface area (Å²) in [5.41, 5.74) is 1.16. The Bertz CT molecular complexity index is 1360. The Morgan fingerprint density at radius 1 is 1.00 bits per heavy atom. The monoisotopic (exact) mass is 522 g/mol. The molecule has 0 radical (unpaired) electrons. The summed E-state index contributed by atoms with van der Waals surface area (Å²) in [6, 6.07) is 19.7. The Balaban J connectivity index is 1.55. The summed E-state index contributed by atoms with van der Waals surface area (Å²) in [7, 11) is 1.41. The molecule has 10 heteroatoms. The zero-order valence-corrected chi connectivity index (χ0v) is 20.5. The second-order valence-electron chi connectivity index (χ2n) is 7.46. The maximum Gasteiger partial charge on any atom is 0.343 e. The summed E-state index contributed by atoms with van der Waals surface area (Å²) in [5, 5.41) is 2.53. The van der Waals surface area contributed by atoms with E-state index < -0.39 is 29.6 Å². The van der Waals surface area contributed by atoms with E-state index in [4.69, 9.17) is 21.1 Å². The number of hydrogen-bond acceptors (Lipinski definition) is 7. The number of halogens is 1. The van der Waals surface area contributed by atoms with E-state index in [1.165, 1.54) is 25.3 Å². The van der Waals surface area contributed by atoms with E-state index in [1.54, 1.807) is 60.7 Å². The number of nitrogens with one attached hydrogen (secondary N) is 1. The molecule has 1 N–H and O–H groups in total. The summed E-state index contributed by atoms with van der Waals surface area (Å²) in [6.45, 7) is -0.437. The van der Waals surface area contributed by atoms with Crippen LogP contribution in [0.4, 0.5) is 10.5 Å². The van der Waals surface area contributed by atoms with Gasteiger partial charge in [0.2, 0.25) is 5.91 Å². The zero-order valence-electron chi connectivity index (χ0n) is 18.9. The average molecular weight is 523 g/mol. The first-order chi connectivity index (χ1) is 17.4. The predicted octanol–water partition coefficient (Wildman–Crippen LogP) is 5.24. The Kier molecular flexibility index (Phi) is 7.72. The molecular weight excluding hydrogens is 504 g/mol. The van der Waals surface area contributed by atoms with Gasteiger partial charge in [-0.2, -0.15) is 0 Å². The molecule has 8 nitrogen and oxygen atoms in total. The summed E-state index contributed by atoms with van der Waals surface area (Å²) in [4.78, 5) is 51.4. The van der Waals surface area contributed by atoms with E-state index in [2.05, 4.69) is 5.32 Å². The van der Waals surface area contributed by atoms with E-state index in [0.29, 0.717) is 28.0 Å². The molecule has 4 rings (SSSR count).